The zero-order chi connectivity index (χ0) is 29.7. The monoisotopic (exact) mass is 578 g/mol. The molecule has 2 atom stereocenters. The van der Waals surface area contributed by atoms with Gasteiger partial charge in [0, 0.05) is 32.7 Å². The third-order valence-corrected chi connectivity index (χ3v) is 5.83. The molecule has 0 saturated carbocycles. The Balaban J connectivity index is 2.01. The number of nitrogens with zero attached hydrogens (tertiary/aromatic N) is 2. The van der Waals surface area contributed by atoms with E-state index in [0.717, 1.165) is 24.3 Å². The summed E-state index contributed by atoms with van der Waals surface area (Å²) in [6, 6.07) is 8.19. The average Bonchev–Trinajstić information content (AvgIpc) is 2.84. The van der Waals surface area contributed by atoms with Gasteiger partial charge in [-0.15, -0.1) is 13.2 Å². The number of halogens is 6. The lowest BCUT2D eigenvalue weighted by Gasteiger charge is -2.50. The van der Waals surface area contributed by atoms with E-state index >= 15 is 0 Å². The van der Waals surface area contributed by atoms with Crippen LogP contribution in [-0.4, -0.2) is 70.7 Å². The van der Waals surface area contributed by atoms with E-state index < -0.39 is 60.6 Å². The van der Waals surface area contributed by atoms with Crippen LogP contribution >= 0.6 is 0 Å². The standard InChI is InChI=1S/C25H28F6N4O5/c1-23(27,28)15-35-22(38)34(10-3-11-36)20(37)13-24(35,32)21(33-14-16-6-8-17(26)9-7-16)39-18-4-2-5-19(12-18)40-25(29,30)31/h2,4-9,12,21,33,36H,3,10-11,13-15,32H2,1H3/t21-,24-/m1/s1. The number of nitrogens with two attached hydrogens (primary N) is 1. The van der Waals surface area contributed by atoms with Crippen molar-refractivity contribution in [2.24, 2.45) is 5.73 Å². The molecular weight excluding hydrogens is 550 g/mol. The number of benzene rings is 2. The minimum atomic E-state index is -5.02. The largest absolute Gasteiger partial charge is 0.573 e. The first-order valence-corrected chi connectivity index (χ1v) is 12.0. The highest BCUT2D eigenvalue weighted by Crippen LogP contribution is 2.33. The van der Waals surface area contributed by atoms with Gasteiger partial charge in [-0.1, -0.05) is 18.2 Å². The van der Waals surface area contributed by atoms with Gasteiger partial charge in [-0.05, 0) is 36.2 Å². The van der Waals surface area contributed by atoms with Crippen LogP contribution < -0.4 is 20.5 Å². The van der Waals surface area contributed by atoms with E-state index in [4.69, 9.17) is 15.6 Å². The van der Waals surface area contributed by atoms with Crippen LogP contribution in [0.15, 0.2) is 48.5 Å². The van der Waals surface area contributed by atoms with Gasteiger partial charge in [0.1, 0.15) is 17.3 Å². The maximum absolute atomic E-state index is 14.3. The second-order valence-electron chi connectivity index (χ2n) is 9.26. The molecule has 0 radical (unpaired) electrons. The molecule has 3 amide bonds. The van der Waals surface area contributed by atoms with Gasteiger partial charge in [-0.25, -0.2) is 18.0 Å². The number of aliphatic hydroxyl groups is 1. The van der Waals surface area contributed by atoms with E-state index in [1.807, 2.05) is 0 Å². The van der Waals surface area contributed by atoms with Crippen LogP contribution in [-0.2, 0) is 11.3 Å². The summed E-state index contributed by atoms with van der Waals surface area (Å²) in [6.45, 7) is -1.47. The molecule has 1 heterocycles. The molecule has 220 valence electrons. The van der Waals surface area contributed by atoms with E-state index in [2.05, 4.69) is 10.1 Å². The second kappa shape index (κ2) is 12.3. The summed E-state index contributed by atoms with van der Waals surface area (Å²) in [5.41, 5.74) is 4.72. The number of urea groups is 1. The van der Waals surface area contributed by atoms with E-state index in [1.54, 1.807) is 0 Å². The Hall–Kier alpha value is -3.56. The fourth-order valence-electron chi connectivity index (χ4n) is 4.05. The topological polar surface area (TPSA) is 117 Å². The number of amides is 3. The molecular formula is C25H28F6N4O5. The summed E-state index contributed by atoms with van der Waals surface area (Å²) in [6.07, 6.45) is -7.40. The van der Waals surface area contributed by atoms with Gasteiger partial charge >= 0.3 is 12.4 Å². The molecule has 1 aliphatic heterocycles. The maximum atomic E-state index is 14.3. The van der Waals surface area contributed by atoms with Crippen molar-refractivity contribution in [3.8, 4) is 11.5 Å². The normalized spacial score (nSPS) is 19.1. The Morgan fingerprint density at radius 1 is 1.10 bits per heavy atom. The highest BCUT2D eigenvalue weighted by atomic mass is 19.4. The predicted octanol–water partition coefficient (Wildman–Crippen LogP) is 3.57. The number of imide groups is 1. The summed E-state index contributed by atoms with van der Waals surface area (Å²) < 4.78 is 89.9. The number of hydrogen-bond acceptors (Lipinski definition) is 7. The predicted molar refractivity (Wildman–Crippen MR) is 128 cm³/mol. The molecule has 0 aromatic heterocycles. The van der Waals surface area contributed by atoms with Gasteiger partial charge in [-0.3, -0.25) is 19.9 Å². The van der Waals surface area contributed by atoms with Crippen molar-refractivity contribution >= 4 is 11.9 Å². The molecule has 0 bridgehead atoms. The number of carbonyl (C=O) groups excluding carboxylic acids is 2. The second-order valence-corrected chi connectivity index (χ2v) is 9.26. The molecule has 1 saturated heterocycles. The Kier molecular flexibility index (Phi) is 9.53. The van der Waals surface area contributed by atoms with Crippen molar-refractivity contribution in [1.29, 1.82) is 0 Å². The molecule has 0 unspecified atom stereocenters. The third-order valence-electron chi connectivity index (χ3n) is 5.83. The van der Waals surface area contributed by atoms with Crippen LogP contribution in [0.4, 0.5) is 31.1 Å². The van der Waals surface area contributed by atoms with E-state index in [0.29, 0.717) is 22.3 Å². The van der Waals surface area contributed by atoms with Crippen molar-refractivity contribution in [2.75, 3.05) is 19.7 Å². The minimum absolute atomic E-state index is 0.0137. The van der Waals surface area contributed by atoms with E-state index in [-0.39, 0.29) is 31.9 Å². The molecule has 1 aliphatic rings. The first-order chi connectivity index (χ1) is 18.6. The lowest BCUT2D eigenvalue weighted by Crippen LogP contribution is -2.77. The van der Waals surface area contributed by atoms with Crippen LogP contribution in [0.2, 0.25) is 0 Å². The first-order valence-electron chi connectivity index (χ1n) is 12.0. The van der Waals surface area contributed by atoms with E-state index in [9.17, 15) is 35.9 Å². The minimum Gasteiger partial charge on any atom is -0.471 e. The first kappa shape index (κ1) is 31.0. The number of aliphatic hydroxyl groups excluding tert-OH is 1. The van der Waals surface area contributed by atoms with E-state index in [1.165, 1.54) is 24.3 Å². The molecule has 15 heteroatoms. The zero-order valence-corrected chi connectivity index (χ0v) is 21.3. The highest BCUT2D eigenvalue weighted by molar-refractivity contribution is 5.98. The number of ether oxygens (including phenoxy) is 2. The Morgan fingerprint density at radius 3 is 2.35 bits per heavy atom. The van der Waals surface area contributed by atoms with Crippen LogP contribution in [0.3, 0.4) is 0 Å². The fraction of sp³-hybridized carbons (Fsp3) is 0.440. The number of hydrogen-bond donors (Lipinski definition) is 3. The van der Waals surface area contributed by atoms with Crippen LogP contribution in [0.1, 0.15) is 25.3 Å². The molecule has 0 spiro atoms. The SMILES string of the molecule is CC(F)(F)CN1C(=O)N(CCCO)C(=O)C[C@]1(N)[C@H](NCc1ccc(F)cc1)Oc1cccc(OC(F)(F)F)c1. The number of nitrogens with one attached hydrogen (secondary N) is 1. The molecule has 0 aliphatic carbocycles. The van der Waals surface area contributed by atoms with Gasteiger partial charge in [0.25, 0.3) is 5.92 Å². The molecule has 2 aromatic rings. The molecule has 2 aromatic carbocycles. The summed E-state index contributed by atoms with van der Waals surface area (Å²) in [5.74, 6) is -5.77. The van der Waals surface area contributed by atoms with Gasteiger partial charge in [0.2, 0.25) is 5.91 Å². The van der Waals surface area contributed by atoms with Crippen LogP contribution in [0.5, 0.6) is 11.5 Å². The smallest absolute Gasteiger partial charge is 0.471 e. The molecule has 1 fully saturated rings. The lowest BCUT2D eigenvalue weighted by atomic mass is 9.97. The van der Waals surface area contributed by atoms with Gasteiger partial charge in [-0.2, -0.15) is 0 Å². The number of rotatable bonds is 12. The summed E-state index contributed by atoms with van der Waals surface area (Å²) >= 11 is 0. The Bertz CT molecular complexity index is 1180. The highest BCUT2D eigenvalue weighted by Gasteiger charge is 2.54. The van der Waals surface area contributed by atoms with Crippen molar-refractivity contribution < 1.29 is 50.5 Å². The van der Waals surface area contributed by atoms with Crippen molar-refractivity contribution in [3.63, 3.8) is 0 Å². The molecule has 3 rings (SSSR count). The van der Waals surface area contributed by atoms with Crippen molar-refractivity contribution in [2.45, 2.75) is 50.5 Å². The van der Waals surface area contributed by atoms with Crippen molar-refractivity contribution in [1.82, 2.24) is 15.1 Å². The lowest BCUT2D eigenvalue weighted by molar-refractivity contribution is -0.274. The zero-order valence-electron chi connectivity index (χ0n) is 21.3. The molecule has 4 N–H and O–H groups in total. The number of alkyl halides is 5. The average molecular weight is 579 g/mol. The van der Waals surface area contributed by atoms with Gasteiger partial charge in [0.15, 0.2) is 11.9 Å². The van der Waals surface area contributed by atoms with Crippen LogP contribution in [0, 0.1) is 5.82 Å². The summed E-state index contributed by atoms with van der Waals surface area (Å²) in [5, 5.41) is 11.9. The maximum Gasteiger partial charge on any atom is 0.573 e. The molecule has 40 heavy (non-hydrogen) atoms. The van der Waals surface area contributed by atoms with Crippen molar-refractivity contribution in [3.05, 3.63) is 59.9 Å². The third kappa shape index (κ3) is 8.22. The fourth-order valence-corrected chi connectivity index (χ4v) is 4.05. The summed E-state index contributed by atoms with van der Waals surface area (Å²) in [4.78, 5) is 27.5. The molecule has 9 nitrogen and oxygen atoms in total. The Morgan fingerprint density at radius 2 is 1.75 bits per heavy atom. The van der Waals surface area contributed by atoms with Gasteiger partial charge < -0.3 is 20.3 Å². The Labute approximate surface area is 225 Å². The summed E-state index contributed by atoms with van der Waals surface area (Å²) in [7, 11) is 0. The van der Waals surface area contributed by atoms with Crippen LogP contribution in [0.25, 0.3) is 0 Å². The van der Waals surface area contributed by atoms with Gasteiger partial charge in [0.05, 0.1) is 13.0 Å². The number of carbonyl (C=O) groups is 2. The quantitative estimate of drug-likeness (QED) is 0.261.